The van der Waals surface area contributed by atoms with Gasteiger partial charge in [-0.05, 0) is 25.7 Å². The molecule has 0 radical (unpaired) electrons. The SMILES string of the molecule is CCCCCCCCCCCCCCCCCC(=O)O[C@H](COC(=O)CCCCCCCCC)COP(=O)(O)OC[C@@H](O)COP(=O)(O)OC[C@@H](COC(=O)CCCCCCCC)OC(=O)CCCCCCCCC. The maximum Gasteiger partial charge on any atom is 0.472 e. The van der Waals surface area contributed by atoms with Crippen molar-refractivity contribution in [2.24, 2.45) is 0 Å². The number of phosphoric ester groups is 2. The van der Waals surface area contributed by atoms with E-state index in [0.717, 1.165) is 128 Å². The van der Waals surface area contributed by atoms with Crippen LogP contribution in [0.4, 0.5) is 0 Å². The summed E-state index contributed by atoms with van der Waals surface area (Å²) in [6, 6.07) is 0. The first-order valence-corrected chi connectivity index (χ1v) is 32.8. The maximum atomic E-state index is 12.9. The zero-order valence-corrected chi connectivity index (χ0v) is 49.3. The van der Waals surface area contributed by atoms with Crippen LogP contribution in [0.5, 0.6) is 0 Å². The molecule has 75 heavy (non-hydrogen) atoms. The molecule has 17 nitrogen and oxygen atoms in total. The normalized spacial score (nSPS) is 14.4. The quantitative estimate of drug-likeness (QED) is 0.0222. The first kappa shape index (κ1) is 73.1. The van der Waals surface area contributed by atoms with Crippen LogP contribution in [0.3, 0.4) is 0 Å². The smallest absolute Gasteiger partial charge is 0.462 e. The molecule has 0 saturated heterocycles. The van der Waals surface area contributed by atoms with Gasteiger partial charge < -0.3 is 33.8 Å². The average molecular weight is 1120 g/mol. The van der Waals surface area contributed by atoms with E-state index in [0.29, 0.717) is 25.7 Å². The number of ether oxygens (including phenoxy) is 4. The summed E-state index contributed by atoms with van der Waals surface area (Å²) in [7, 11) is -9.85. The van der Waals surface area contributed by atoms with Crippen LogP contribution in [0.2, 0.25) is 0 Å². The number of aliphatic hydroxyl groups is 1. The third-order valence-corrected chi connectivity index (χ3v) is 14.8. The van der Waals surface area contributed by atoms with Crippen LogP contribution < -0.4 is 0 Å². The van der Waals surface area contributed by atoms with Gasteiger partial charge in [0.25, 0.3) is 0 Å². The first-order chi connectivity index (χ1) is 36.2. The van der Waals surface area contributed by atoms with E-state index in [4.69, 9.17) is 37.0 Å². The Hall–Kier alpha value is -1.94. The van der Waals surface area contributed by atoms with Gasteiger partial charge in [-0.1, -0.05) is 227 Å². The molecule has 0 rings (SSSR count). The van der Waals surface area contributed by atoms with Crippen LogP contribution in [-0.2, 0) is 65.4 Å². The fourth-order valence-electron chi connectivity index (χ4n) is 8.22. The fourth-order valence-corrected chi connectivity index (χ4v) is 9.80. The van der Waals surface area contributed by atoms with Crippen molar-refractivity contribution >= 4 is 39.5 Å². The van der Waals surface area contributed by atoms with Crippen molar-refractivity contribution in [1.29, 1.82) is 0 Å². The number of esters is 4. The Kier molecular flexibility index (Phi) is 50.2. The Morgan fingerprint density at radius 1 is 0.320 bits per heavy atom. The lowest BCUT2D eigenvalue weighted by molar-refractivity contribution is -0.161. The molecule has 0 fully saturated rings. The monoisotopic (exact) mass is 1110 g/mol. The molecule has 444 valence electrons. The largest absolute Gasteiger partial charge is 0.472 e. The van der Waals surface area contributed by atoms with Crippen molar-refractivity contribution in [3.05, 3.63) is 0 Å². The van der Waals surface area contributed by atoms with Crippen LogP contribution in [0.1, 0.15) is 278 Å². The van der Waals surface area contributed by atoms with Crippen LogP contribution >= 0.6 is 15.6 Å². The molecule has 0 aromatic carbocycles. The van der Waals surface area contributed by atoms with E-state index < -0.39 is 97.5 Å². The highest BCUT2D eigenvalue weighted by Crippen LogP contribution is 2.45. The molecule has 2 unspecified atom stereocenters. The Labute approximate surface area is 454 Å². The zero-order chi connectivity index (χ0) is 55.5. The highest BCUT2D eigenvalue weighted by atomic mass is 31.2. The number of hydrogen-bond acceptors (Lipinski definition) is 15. The zero-order valence-electron chi connectivity index (χ0n) is 47.5. The third-order valence-electron chi connectivity index (χ3n) is 12.9. The maximum absolute atomic E-state index is 12.9. The number of carbonyl (C=O) groups excluding carboxylic acids is 4. The summed E-state index contributed by atoms with van der Waals surface area (Å²) in [5.41, 5.74) is 0. The van der Waals surface area contributed by atoms with Gasteiger partial charge in [-0.25, -0.2) is 9.13 Å². The molecule has 0 amide bonds. The number of hydrogen-bond donors (Lipinski definition) is 3. The van der Waals surface area contributed by atoms with Gasteiger partial charge in [0.05, 0.1) is 26.4 Å². The molecule has 0 spiro atoms. The highest BCUT2D eigenvalue weighted by Gasteiger charge is 2.30. The fraction of sp³-hybridized carbons (Fsp3) is 0.929. The predicted molar refractivity (Wildman–Crippen MR) is 294 cm³/mol. The second kappa shape index (κ2) is 51.5. The molecule has 3 N–H and O–H groups in total. The summed E-state index contributed by atoms with van der Waals surface area (Å²) < 4.78 is 67.3. The van der Waals surface area contributed by atoms with Gasteiger partial charge in [0.1, 0.15) is 19.3 Å². The minimum atomic E-state index is -4.93. The van der Waals surface area contributed by atoms with Gasteiger partial charge in [-0.3, -0.25) is 37.3 Å². The first-order valence-electron chi connectivity index (χ1n) is 29.8. The molecule has 5 atom stereocenters. The molecular formula is C56H108O17P2. The van der Waals surface area contributed by atoms with E-state index in [1.54, 1.807) is 0 Å². The Bertz CT molecular complexity index is 1470. The van der Waals surface area contributed by atoms with Crippen LogP contribution in [-0.4, -0.2) is 96.7 Å². The molecule has 0 bridgehead atoms. The Morgan fingerprint density at radius 3 is 0.787 bits per heavy atom. The predicted octanol–water partition coefficient (Wildman–Crippen LogP) is 14.8. The van der Waals surface area contributed by atoms with Crippen molar-refractivity contribution in [2.45, 2.75) is 296 Å². The van der Waals surface area contributed by atoms with Gasteiger partial charge in [-0.2, -0.15) is 0 Å². The molecular weight excluding hydrogens is 1010 g/mol. The lowest BCUT2D eigenvalue weighted by Crippen LogP contribution is -2.30. The highest BCUT2D eigenvalue weighted by molar-refractivity contribution is 7.47. The van der Waals surface area contributed by atoms with Crippen molar-refractivity contribution in [3.8, 4) is 0 Å². The molecule has 0 aromatic heterocycles. The van der Waals surface area contributed by atoms with Crippen LogP contribution in [0, 0.1) is 0 Å². The van der Waals surface area contributed by atoms with Crippen LogP contribution in [0.15, 0.2) is 0 Å². The number of rotatable bonds is 57. The number of unbranched alkanes of at least 4 members (excludes halogenated alkanes) is 31. The summed E-state index contributed by atoms with van der Waals surface area (Å²) >= 11 is 0. The molecule has 0 aliphatic heterocycles. The van der Waals surface area contributed by atoms with Crippen molar-refractivity contribution in [3.63, 3.8) is 0 Å². The van der Waals surface area contributed by atoms with E-state index in [1.807, 2.05) is 0 Å². The minimum absolute atomic E-state index is 0.103. The lowest BCUT2D eigenvalue weighted by atomic mass is 10.0. The van der Waals surface area contributed by atoms with Crippen molar-refractivity contribution < 1.29 is 80.2 Å². The number of phosphoric acid groups is 2. The van der Waals surface area contributed by atoms with E-state index in [2.05, 4.69) is 27.7 Å². The number of aliphatic hydroxyl groups excluding tert-OH is 1. The summed E-state index contributed by atoms with van der Waals surface area (Å²) in [6.45, 7) is 4.69. The average Bonchev–Trinajstić information content (AvgIpc) is 3.38. The molecule has 0 heterocycles. The molecule has 0 aromatic rings. The molecule has 0 aliphatic rings. The van der Waals surface area contributed by atoms with Gasteiger partial charge in [0, 0.05) is 25.7 Å². The molecule has 0 aliphatic carbocycles. The molecule has 0 saturated carbocycles. The summed E-state index contributed by atoms with van der Waals surface area (Å²) in [4.78, 5) is 71.4. The standard InChI is InChI=1S/C56H108O17P2/c1-5-9-13-17-21-22-23-24-25-26-27-28-31-35-39-43-56(61)73-52(47-67-54(59)41-37-33-29-18-14-10-6-2)49-71-75(64,65)69-45-50(57)44-68-74(62,63)70-48-51(46-66-53(58)40-36-32-20-16-12-8-4)72-55(60)42-38-34-30-19-15-11-7-3/h50-52,57H,5-49H2,1-4H3,(H,62,63)(H,64,65)/t50-,51+,52+/m0/s1. The lowest BCUT2D eigenvalue weighted by Gasteiger charge is -2.21. The van der Waals surface area contributed by atoms with Crippen molar-refractivity contribution in [1.82, 2.24) is 0 Å². The second-order valence-corrected chi connectivity index (χ2v) is 23.2. The van der Waals surface area contributed by atoms with E-state index in [9.17, 15) is 43.2 Å². The van der Waals surface area contributed by atoms with Gasteiger partial charge >= 0.3 is 39.5 Å². The van der Waals surface area contributed by atoms with Gasteiger partial charge in [0.2, 0.25) is 0 Å². The molecule has 19 heteroatoms. The van der Waals surface area contributed by atoms with E-state index in [1.165, 1.54) is 70.6 Å². The van der Waals surface area contributed by atoms with Gasteiger partial charge in [-0.15, -0.1) is 0 Å². The van der Waals surface area contributed by atoms with Gasteiger partial charge in [0.15, 0.2) is 12.2 Å². The minimum Gasteiger partial charge on any atom is -0.462 e. The van der Waals surface area contributed by atoms with E-state index in [-0.39, 0.29) is 25.7 Å². The van der Waals surface area contributed by atoms with E-state index >= 15 is 0 Å². The summed E-state index contributed by atoms with van der Waals surface area (Å²) in [5, 5.41) is 10.4. The van der Waals surface area contributed by atoms with Crippen LogP contribution in [0.25, 0.3) is 0 Å². The topological polar surface area (TPSA) is 237 Å². The third kappa shape index (κ3) is 51.3. The van der Waals surface area contributed by atoms with Crippen molar-refractivity contribution in [2.75, 3.05) is 39.6 Å². The second-order valence-electron chi connectivity index (χ2n) is 20.3. The Balaban J connectivity index is 5.12. The number of carbonyl (C=O) groups is 4. The Morgan fingerprint density at radius 2 is 0.533 bits per heavy atom. The summed E-state index contributed by atoms with van der Waals surface area (Å²) in [5.74, 6) is -2.16. The summed E-state index contributed by atoms with van der Waals surface area (Å²) in [6.07, 6.45) is 33.9.